The number of para-hydroxylation sites is 3. The van der Waals surface area contributed by atoms with Crippen molar-refractivity contribution in [3.63, 3.8) is 0 Å². The number of aryl methyl sites for hydroxylation is 2. The van der Waals surface area contributed by atoms with Gasteiger partial charge in [0.25, 0.3) is 6.71 Å². The second-order valence-corrected chi connectivity index (χ2v) is 13.9. The maximum Gasteiger partial charge on any atom is 0.252 e. The molecule has 2 aromatic heterocycles. The van der Waals surface area contributed by atoms with Crippen molar-refractivity contribution < 1.29 is 4.57 Å². The van der Waals surface area contributed by atoms with E-state index in [4.69, 9.17) is 0 Å². The van der Waals surface area contributed by atoms with Crippen molar-refractivity contribution in [3.8, 4) is 11.3 Å². The Hall–Kier alpha value is -5.65. The van der Waals surface area contributed by atoms with Crippen molar-refractivity contribution in [1.82, 2.24) is 0 Å². The zero-order valence-corrected chi connectivity index (χ0v) is 27.6. The zero-order valence-electron chi connectivity index (χ0n) is 26.8. The summed E-state index contributed by atoms with van der Waals surface area (Å²) in [5.74, 6) is 0. The van der Waals surface area contributed by atoms with Gasteiger partial charge in [0.05, 0.1) is 16.0 Å². The number of fused-ring (bicyclic) bond motifs is 8. The lowest BCUT2D eigenvalue weighted by molar-refractivity contribution is -0.660. The number of thiophene rings is 1. The van der Waals surface area contributed by atoms with E-state index >= 15 is 0 Å². The van der Waals surface area contributed by atoms with Crippen molar-refractivity contribution in [2.75, 3.05) is 9.80 Å². The average molecular weight is 633 g/mol. The molecule has 0 radical (unpaired) electrons. The highest BCUT2D eigenvalue weighted by molar-refractivity contribution is 7.27. The van der Waals surface area contributed by atoms with E-state index in [9.17, 15) is 0 Å². The molecule has 0 N–H and O–H groups in total. The number of benzene rings is 6. The molecule has 48 heavy (non-hydrogen) atoms. The molecule has 2 aliphatic rings. The molecule has 0 saturated heterocycles. The van der Waals surface area contributed by atoms with Gasteiger partial charge >= 0.3 is 0 Å². The highest BCUT2D eigenvalue weighted by Gasteiger charge is 2.43. The van der Waals surface area contributed by atoms with Crippen LogP contribution in [0.2, 0.25) is 0 Å². The third-order valence-corrected chi connectivity index (χ3v) is 11.5. The smallest absolute Gasteiger partial charge is 0.252 e. The average Bonchev–Trinajstić information content (AvgIpc) is 3.51. The number of hydrogen-bond acceptors (Lipinski definition) is 3. The normalized spacial score (nSPS) is 13.1. The number of anilines is 6. The van der Waals surface area contributed by atoms with Crippen molar-refractivity contribution in [3.05, 3.63) is 157 Å². The fourth-order valence-corrected chi connectivity index (χ4v) is 9.61. The van der Waals surface area contributed by atoms with Crippen molar-refractivity contribution in [2.45, 2.75) is 6.92 Å². The minimum absolute atomic E-state index is 0.102. The maximum absolute atomic E-state index is 2.54. The highest BCUT2D eigenvalue weighted by Crippen LogP contribution is 2.49. The van der Waals surface area contributed by atoms with E-state index in [-0.39, 0.29) is 6.71 Å². The van der Waals surface area contributed by atoms with Crippen LogP contribution >= 0.6 is 11.3 Å². The van der Waals surface area contributed by atoms with E-state index < -0.39 is 0 Å². The Kier molecular flexibility index (Phi) is 5.97. The Labute approximate surface area is 284 Å². The van der Waals surface area contributed by atoms with Crippen molar-refractivity contribution in [2.24, 2.45) is 7.05 Å². The molecule has 8 aromatic rings. The van der Waals surface area contributed by atoms with Gasteiger partial charge in [-0.3, -0.25) is 0 Å². The SMILES string of the molecule is Cc1ccc2c(sc3c4c(ccc32)B2c3ccccc3N(c3ccccc3)c3cccc(c32)N4c2ccccc2)c1-c1cccc[n+]1C. The second kappa shape index (κ2) is 10.4. The van der Waals surface area contributed by atoms with Crippen LogP contribution in [-0.2, 0) is 7.05 Å². The molecule has 0 unspecified atom stereocenters. The molecule has 10 rings (SSSR count). The topological polar surface area (TPSA) is 10.4 Å². The number of rotatable bonds is 3. The van der Waals surface area contributed by atoms with E-state index in [0.717, 1.165) is 0 Å². The summed E-state index contributed by atoms with van der Waals surface area (Å²) in [5.41, 5.74) is 15.2. The van der Waals surface area contributed by atoms with Gasteiger partial charge in [0.15, 0.2) is 6.20 Å². The van der Waals surface area contributed by atoms with Crippen LogP contribution in [0.4, 0.5) is 34.1 Å². The van der Waals surface area contributed by atoms with Crippen LogP contribution in [0.25, 0.3) is 31.4 Å². The number of nitrogens with zero attached hydrogens (tertiary/aromatic N) is 3. The van der Waals surface area contributed by atoms with Gasteiger partial charge in [0.1, 0.15) is 7.05 Å². The van der Waals surface area contributed by atoms with Gasteiger partial charge in [0, 0.05) is 56.0 Å². The molecular formula is C43H31BN3S+. The summed E-state index contributed by atoms with van der Waals surface area (Å²) in [7, 11) is 2.15. The summed E-state index contributed by atoms with van der Waals surface area (Å²) >= 11 is 1.94. The molecule has 3 nitrogen and oxygen atoms in total. The number of aromatic nitrogens is 1. The molecule has 5 heteroatoms. The first-order valence-corrected chi connectivity index (χ1v) is 17.4. The Morgan fingerprint density at radius 1 is 0.542 bits per heavy atom. The number of hydrogen-bond donors (Lipinski definition) is 0. The van der Waals surface area contributed by atoms with Gasteiger partial charge in [-0.2, -0.15) is 0 Å². The molecule has 0 spiro atoms. The minimum Gasteiger partial charge on any atom is -0.311 e. The summed E-state index contributed by atoms with van der Waals surface area (Å²) in [6, 6.07) is 53.5. The summed E-state index contributed by atoms with van der Waals surface area (Å²) < 4.78 is 4.91. The molecular weight excluding hydrogens is 601 g/mol. The van der Waals surface area contributed by atoms with Gasteiger partial charge in [-0.25, -0.2) is 4.57 Å². The highest BCUT2D eigenvalue weighted by atomic mass is 32.1. The predicted molar refractivity (Wildman–Crippen MR) is 205 cm³/mol. The fourth-order valence-electron chi connectivity index (χ4n) is 8.16. The Morgan fingerprint density at radius 3 is 1.94 bits per heavy atom. The van der Waals surface area contributed by atoms with Gasteiger partial charge in [-0.05, 0) is 77.4 Å². The van der Waals surface area contributed by atoms with Crippen molar-refractivity contribution in [1.29, 1.82) is 0 Å². The van der Waals surface area contributed by atoms with Crippen LogP contribution in [0.1, 0.15) is 5.56 Å². The van der Waals surface area contributed by atoms with E-state index in [1.807, 2.05) is 11.3 Å². The first-order chi connectivity index (χ1) is 23.7. The third-order valence-electron chi connectivity index (χ3n) is 10.2. The maximum atomic E-state index is 2.54. The van der Waals surface area contributed by atoms with Crippen LogP contribution in [0.3, 0.4) is 0 Å². The first kappa shape index (κ1) is 27.5. The molecule has 226 valence electrons. The second-order valence-electron chi connectivity index (χ2n) is 12.9. The number of pyridine rings is 1. The van der Waals surface area contributed by atoms with Crippen LogP contribution in [0.5, 0.6) is 0 Å². The quantitative estimate of drug-likeness (QED) is 0.142. The van der Waals surface area contributed by atoms with Gasteiger partial charge in [-0.1, -0.05) is 84.9 Å². The van der Waals surface area contributed by atoms with Crippen molar-refractivity contribution >= 4 is 88.7 Å². The van der Waals surface area contributed by atoms with Gasteiger partial charge in [-0.15, -0.1) is 11.3 Å². The monoisotopic (exact) mass is 632 g/mol. The minimum atomic E-state index is 0.102. The van der Waals surface area contributed by atoms with E-state index in [1.54, 1.807) is 0 Å². The van der Waals surface area contributed by atoms with Crippen LogP contribution in [0.15, 0.2) is 152 Å². The third kappa shape index (κ3) is 3.79. The summed E-state index contributed by atoms with van der Waals surface area (Å²) in [5, 5.41) is 2.62. The molecule has 0 amide bonds. The lowest BCUT2D eigenvalue weighted by Gasteiger charge is -2.44. The molecule has 0 saturated carbocycles. The molecule has 0 aliphatic carbocycles. The lowest BCUT2D eigenvalue weighted by atomic mass is 9.33. The van der Waals surface area contributed by atoms with Crippen LogP contribution in [-0.4, -0.2) is 6.71 Å². The van der Waals surface area contributed by atoms with E-state index in [0.29, 0.717) is 0 Å². The summed E-state index contributed by atoms with van der Waals surface area (Å²) in [4.78, 5) is 4.99. The molecule has 0 fully saturated rings. The standard InChI is InChI=1S/C43H31BN3S/c1-28-23-24-31-32-25-26-34-41(43(32)48-42(31)39(28)36-20-11-12-27-45(36)2)47(30-16-7-4-8-17-30)38-22-13-21-37-40(38)44(34)33-18-9-10-19-35(33)46(37)29-14-5-3-6-15-29/h3-27H,1-2H3/q+1. The first-order valence-electron chi connectivity index (χ1n) is 16.5. The molecule has 0 atom stereocenters. The van der Waals surface area contributed by atoms with Gasteiger partial charge < -0.3 is 9.80 Å². The van der Waals surface area contributed by atoms with Gasteiger partial charge in [0.2, 0.25) is 5.69 Å². The zero-order chi connectivity index (χ0) is 31.9. The van der Waals surface area contributed by atoms with E-state index in [2.05, 4.69) is 180 Å². The van der Waals surface area contributed by atoms with E-state index in [1.165, 1.54) is 87.5 Å². The lowest BCUT2D eigenvalue weighted by Crippen LogP contribution is -2.61. The molecule has 6 aromatic carbocycles. The molecule has 4 heterocycles. The van der Waals surface area contributed by atoms with Crippen LogP contribution < -0.4 is 30.8 Å². The Balaban J connectivity index is 1.33. The molecule has 0 bridgehead atoms. The summed E-state index contributed by atoms with van der Waals surface area (Å²) in [6.45, 7) is 2.35. The summed E-state index contributed by atoms with van der Waals surface area (Å²) in [6.07, 6.45) is 2.15. The van der Waals surface area contributed by atoms with Crippen LogP contribution in [0, 0.1) is 6.92 Å². The Bertz CT molecular complexity index is 2560. The predicted octanol–water partition coefficient (Wildman–Crippen LogP) is 8.94. The fraction of sp³-hybridized carbons (Fsp3) is 0.0465. The largest absolute Gasteiger partial charge is 0.311 e. The Morgan fingerprint density at radius 2 is 1.17 bits per heavy atom. The molecule has 2 aliphatic heterocycles.